The summed E-state index contributed by atoms with van der Waals surface area (Å²) in [5.74, 6) is -0.890. The summed E-state index contributed by atoms with van der Waals surface area (Å²) in [6, 6.07) is 0. The van der Waals surface area contributed by atoms with Crippen molar-refractivity contribution in [1.82, 2.24) is 0 Å². The molecule has 3 nitrogen and oxygen atoms in total. The lowest BCUT2D eigenvalue weighted by molar-refractivity contribution is -0.152. The van der Waals surface area contributed by atoms with E-state index in [9.17, 15) is 14.4 Å². The SMILES string of the molecule is CCC1(CC)C(=O)CCC(=O)C1=O. The van der Waals surface area contributed by atoms with Gasteiger partial charge in [-0.05, 0) is 12.8 Å². The van der Waals surface area contributed by atoms with Crippen molar-refractivity contribution >= 4 is 17.3 Å². The van der Waals surface area contributed by atoms with Gasteiger partial charge in [-0.2, -0.15) is 0 Å². The highest BCUT2D eigenvalue weighted by Crippen LogP contribution is 2.34. The molecule has 1 aliphatic rings. The van der Waals surface area contributed by atoms with Gasteiger partial charge in [0, 0.05) is 12.8 Å². The lowest BCUT2D eigenvalue weighted by Crippen LogP contribution is -2.46. The van der Waals surface area contributed by atoms with E-state index in [-0.39, 0.29) is 24.4 Å². The molecule has 0 unspecified atom stereocenters. The first-order valence-electron chi connectivity index (χ1n) is 4.69. The molecule has 0 spiro atoms. The lowest BCUT2D eigenvalue weighted by atomic mass is 9.68. The van der Waals surface area contributed by atoms with Crippen LogP contribution < -0.4 is 0 Å². The third-order valence-electron chi connectivity index (χ3n) is 3.01. The molecule has 0 N–H and O–H groups in total. The monoisotopic (exact) mass is 182 g/mol. The quantitative estimate of drug-likeness (QED) is 0.477. The first kappa shape index (κ1) is 10.1. The lowest BCUT2D eigenvalue weighted by Gasteiger charge is -2.30. The van der Waals surface area contributed by atoms with Gasteiger partial charge in [-0.25, -0.2) is 0 Å². The molecular formula is C10H14O3. The van der Waals surface area contributed by atoms with Gasteiger partial charge >= 0.3 is 0 Å². The second-order valence-electron chi connectivity index (χ2n) is 3.46. The minimum Gasteiger partial charge on any atom is -0.299 e. The molecule has 1 rings (SSSR count). The van der Waals surface area contributed by atoms with E-state index in [2.05, 4.69) is 0 Å². The minimum atomic E-state index is -0.977. The van der Waals surface area contributed by atoms with Crippen LogP contribution in [0.2, 0.25) is 0 Å². The summed E-state index contributed by atoms with van der Waals surface area (Å²) in [6.45, 7) is 3.58. The number of hydrogen-bond acceptors (Lipinski definition) is 3. The highest BCUT2D eigenvalue weighted by molar-refractivity contribution is 6.45. The van der Waals surface area contributed by atoms with Crippen LogP contribution in [0.4, 0.5) is 0 Å². The van der Waals surface area contributed by atoms with Crippen molar-refractivity contribution in [1.29, 1.82) is 0 Å². The molecule has 0 heterocycles. The Morgan fingerprint density at radius 1 is 1.08 bits per heavy atom. The third-order valence-corrected chi connectivity index (χ3v) is 3.01. The fourth-order valence-corrected chi connectivity index (χ4v) is 1.94. The standard InChI is InChI=1S/C10H14O3/c1-3-10(4-2)8(12)6-5-7(11)9(10)13/h3-6H2,1-2H3. The second-order valence-corrected chi connectivity index (χ2v) is 3.46. The molecule has 1 fully saturated rings. The molecule has 1 saturated carbocycles. The minimum absolute atomic E-state index is 0.0536. The molecule has 0 aromatic rings. The van der Waals surface area contributed by atoms with Gasteiger partial charge in [0.15, 0.2) is 5.78 Å². The Labute approximate surface area is 77.5 Å². The average molecular weight is 182 g/mol. The molecule has 0 aliphatic heterocycles. The van der Waals surface area contributed by atoms with E-state index in [1.807, 2.05) is 0 Å². The number of ketones is 3. The van der Waals surface area contributed by atoms with E-state index in [0.29, 0.717) is 12.8 Å². The first-order valence-corrected chi connectivity index (χ1v) is 4.69. The van der Waals surface area contributed by atoms with E-state index < -0.39 is 11.2 Å². The smallest absolute Gasteiger partial charge is 0.211 e. The van der Waals surface area contributed by atoms with Gasteiger partial charge in [-0.15, -0.1) is 0 Å². The van der Waals surface area contributed by atoms with Gasteiger partial charge in [0.25, 0.3) is 0 Å². The van der Waals surface area contributed by atoms with Crippen LogP contribution in [-0.4, -0.2) is 17.3 Å². The molecule has 0 aromatic heterocycles. The summed E-state index contributed by atoms with van der Waals surface area (Å²) < 4.78 is 0. The highest BCUT2D eigenvalue weighted by atomic mass is 16.2. The van der Waals surface area contributed by atoms with Gasteiger partial charge in [0.05, 0.1) is 5.41 Å². The Hall–Kier alpha value is -0.990. The summed E-state index contributed by atoms with van der Waals surface area (Å²) in [5.41, 5.74) is -0.977. The number of rotatable bonds is 2. The summed E-state index contributed by atoms with van der Waals surface area (Å²) in [7, 11) is 0. The van der Waals surface area contributed by atoms with Crippen LogP contribution in [0.25, 0.3) is 0 Å². The van der Waals surface area contributed by atoms with Crippen LogP contribution >= 0.6 is 0 Å². The van der Waals surface area contributed by atoms with Crippen LogP contribution in [0, 0.1) is 5.41 Å². The molecule has 13 heavy (non-hydrogen) atoms. The van der Waals surface area contributed by atoms with Gasteiger partial charge in [-0.3, -0.25) is 14.4 Å². The zero-order valence-corrected chi connectivity index (χ0v) is 8.05. The zero-order chi connectivity index (χ0) is 10.1. The zero-order valence-electron chi connectivity index (χ0n) is 8.05. The van der Waals surface area contributed by atoms with E-state index in [0.717, 1.165) is 0 Å². The van der Waals surface area contributed by atoms with Crippen molar-refractivity contribution in [2.45, 2.75) is 39.5 Å². The highest BCUT2D eigenvalue weighted by Gasteiger charge is 2.47. The Bertz CT molecular complexity index is 261. The molecule has 0 amide bonds. The predicted molar refractivity (Wildman–Crippen MR) is 47.3 cm³/mol. The Kier molecular flexibility index (Phi) is 2.64. The van der Waals surface area contributed by atoms with Crippen molar-refractivity contribution in [2.24, 2.45) is 5.41 Å². The van der Waals surface area contributed by atoms with Gasteiger partial charge < -0.3 is 0 Å². The van der Waals surface area contributed by atoms with Gasteiger partial charge in [-0.1, -0.05) is 13.8 Å². The molecule has 72 valence electrons. The maximum Gasteiger partial charge on any atom is 0.211 e. The largest absolute Gasteiger partial charge is 0.299 e. The Morgan fingerprint density at radius 2 is 1.62 bits per heavy atom. The van der Waals surface area contributed by atoms with Gasteiger partial charge in [0.1, 0.15) is 5.78 Å². The van der Waals surface area contributed by atoms with Crippen molar-refractivity contribution in [3.8, 4) is 0 Å². The van der Waals surface area contributed by atoms with E-state index in [4.69, 9.17) is 0 Å². The Balaban J connectivity index is 3.07. The van der Waals surface area contributed by atoms with Crippen LogP contribution in [0.5, 0.6) is 0 Å². The van der Waals surface area contributed by atoms with Crippen molar-refractivity contribution < 1.29 is 14.4 Å². The van der Waals surface area contributed by atoms with Crippen molar-refractivity contribution in [3.05, 3.63) is 0 Å². The first-order chi connectivity index (χ1) is 6.08. The van der Waals surface area contributed by atoms with Gasteiger partial charge in [0.2, 0.25) is 5.78 Å². The molecule has 3 heteroatoms. The molecule has 0 atom stereocenters. The average Bonchev–Trinajstić information content (AvgIpc) is 2.15. The molecular weight excluding hydrogens is 168 g/mol. The second kappa shape index (κ2) is 3.40. The fourth-order valence-electron chi connectivity index (χ4n) is 1.94. The Morgan fingerprint density at radius 3 is 2.00 bits per heavy atom. The maximum absolute atomic E-state index is 11.6. The van der Waals surface area contributed by atoms with E-state index >= 15 is 0 Å². The topological polar surface area (TPSA) is 51.2 Å². The van der Waals surface area contributed by atoms with Crippen LogP contribution in [0.3, 0.4) is 0 Å². The summed E-state index contributed by atoms with van der Waals surface area (Å²) in [4.78, 5) is 34.3. The van der Waals surface area contributed by atoms with E-state index in [1.54, 1.807) is 13.8 Å². The molecule has 0 bridgehead atoms. The summed E-state index contributed by atoms with van der Waals surface area (Å²) >= 11 is 0. The summed E-state index contributed by atoms with van der Waals surface area (Å²) in [6.07, 6.45) is 1.26. The van der Waals surface area contributed by atoms with Crippen LogP contribution in [0.15, 0.2) is 0 Å². The third kappa shape index (κ3) is 1.32. The molecule has 1 aliphatic carbocycles. The number of carbonyl (C=O) groups excluding carboxylic acids is 3. The van der Waals surface area contributed by atoms with E-state index in [1.165, 1.54) is 0 Å². The molecule has 0 radical (unpaired) electrons. The molecule has 0 aromatic carbocycles. The number of carbonyl (C=O) groups is 3. The molecule has 0 saturated heterocycles. The fraction of sp³-hybridized carbons (Fsp3) is 0.700. The van der Waals surface area contributed by atoms with Crippen molar-refractivity contribution in [3.63, 3.8) is 0 Å². The van der Waals surface area contributed by atoms with Crippen LogP contribution in [0.1, 0.15) is 39.5 Å². The predicted octanol–water partition coefficient (Wildman–Crippen LogP) is 1.29. The number of Topliss-reactive ketones (excluding diaryl/α,β-unsaturated/α-hetero) is 3. The van der Waals surface area contributed by atoms with Crippen LogP contribution in [-0.2, 0) is 14.4 Å². The normalized spacial score (nSPS) is 22.2. The van der Waals surface area contributed by atoms with Crippen molar-refractivity contribution in [2.75, 3.05) is 0 Å². The summed E-state index contributed by atoms with van der Waals surface area (Å²) in [5, 5.41) is 0. The number of hydrogen-bond donors (Lipinski definition) is 0. The maximum atomic E-state index is 11.6.